The topological polar surface area (TPSA) is 35.5 Å². The van der Waals surface area contributed by atoms with Gasteiger partial charge in [0.25, 0.3) is 0 Å². The van der Waals surface area contributed by atoms with Gasteiger partial charge < -0.3 is 9.47 Å². The van der Waals surface area contributed by atoms with Gasteiger partial charge in [-0.05, 0) is 37.8 Å². The Kier molecular flexibility index (Phi) is 3.70. The molecule has 0 spiro atoms. The van der Waals surface area contributed by atoms with Crippen LogP contribution in [-0.4, -0.2) is 24.6 Å². The molecule has 0 radical (unpaired) electrons. The van der Waals surface area contributed by atoms with Gasteiger partial charge >= 0.3 is 6.61 Å². The van der Waals surface area contributed by atoms with Gasteiger partial charge in [0.15, 0.2) is 5.78 Å². The van der Waals surface area contributed by atoms with E-state index in [-0.39, 0.29) is 35.2 Å². The minimum absolute atomic E-state index is 0.0358. The van der Waals surface area contributed by atoms with Crippen LogP contribution in [0, 0.1) is 5.92 Å². The quantitative estimate of drug-likeness (QED) is 0.794. The number of fused-ring (bicyclic) bond motifs is 2. The second-order valence-corrected chi connectivity index (χ2v) is 5.36. The van der Waals surface area contributed by atoms with Crippen LogP contribution in [0.1, 0.15) is 36.0 Å². The predicted octanol–water partition coefficient (Wildman–Crippen LogP) is 3.43. The van der Waals surface area contributed by atoms with E-state index >= 15 is 0 Å². The molecular weight excluding hydrogens is 266 g/mol. The Morgan fingerprint density at radius 3 is 2.50 bits per heavy atom. The number of hydrogen-bond donors (Lipinski definition) is 0. The molecule has 20 heavy (non-hydrogen) atoms. The summed E-state index contributed by atoms with van der Waals surface area (Å²) in [7, 11) is 0. The molecule has 5 heteroatoms. The molecule has 0 saturated carbocycles. The van der Waals surface area contributed by atoms with E-state index < -0.39 is 6.61 Å². The fourth-order valence-corrected chi connectivity index (χ4v) is 3.16. The van der Waals surface area contributed by atoms with E-state index in [9.17, 15) is 13.6 Å². The highest BCUT2D eigenvalue weighted by Crippen LogP contribution is 2.38. The first-order valence-electron chi connectivity index (χ1n) is 6.87. The van der Waals surface area contributed by atoms with E-state index in [1.54, 1.807) is 18.2 Å². The highest BCUT2D eigenvalue weighted by Gasteiger charge is 2.38. The van der Waals surface area contributed by atoms with Crippen LogP contribution in [0.5, 0.6) is 5.75 Å². The Balaban J connectivity index is 1.80. The molecule has 3 rings (SSSR count). The standard InChI is InChI=1S/C15H16F2O3/c16-15(17)20-13-4-2-1-3-12(13)14(18)9-7-10-5-6-11(8-9)19-10/h1-4,9-11,15H,5-8H2. The Morgan fingerprint density at radius 1 is 1.20 bits per heavy atom. The van der Waals surface area contributed by atoms with Crippen molar-refractivity contribution in [1.82, 2.24) is 0 Å². The van der Waals surface area contributed by atoms with E-state index in [1.807, 2.05) is 0 Å². The Bertz CT molecular complexity index is 492. The average molecular weight is 282 g/mol. The van der Waals surface area contributed by atoms with Gasteiger partial charge in [-0.1, -0.05) is 12.1 Å². The summed E-state index contributed by atoms with van der Waals surface area (Å²) in [6.45, 7) is -2.92. The third-order valence-electron chi connectivity index (χ3n) is 4.03. The normalized spacial score (nSPS) is 28.6. The predicted molar refractivity (Wildman–Crippen MR) is 68.0 cm³/mol. The van der Waals surface area contributed by atoms with Crippen molar-refractivity contribution in [2.45, 2.75) is 44.5 Å². The fourth-order valence-electron chi connectivity index (χ4n) is 3.16. The van der Waals surface area contributed by atoms with Crippen LogP contribution >= 0.6 is 0 Å². The van der Waals surface area contributed by atoms with Gasteiger partial charge in [-0.15, -0.1) is 0 Å². The van der Waals surface area contributed by atoms with Crippen molar-refractivity contribution in [3.63, 3.8) is 0 Å². The number of carbonyl (C=O) groups is 1. The Labute approximate surface area is 115 Å². The minimum atomic E-state index is -2.92. The van der Waals surface area contributed by atoms with E-state index in [0.717, 1.165) is 12.8 Å². The second-order valence-electron chi connectivity index (χ2n) is 5.36. The smallest absolute Gasteiger partial charge is 0.387 e. The largest absolute Gasteiger partial charge is 0.434 e. The number of alkyl halides is 2. The number of ether oxygens (including phenoxy) is 2. The first kappa shape index (κ1) is 13.5. The molecule has 2 unspecified atom stereocenters. The molecule has 2 atom stereocenters. The molecule has 2 heterocycles. The summed E-state index contributed by atoms with van der Waals surface area (Å²) < 4.78 is 34.9. The third kappa shape index (κ3) is 2.68. The monoisotopic (exact) mass is 282 g/mol. The molecule has 1 aromatic carbocycles. The molecule has 2 saturated heterocycles. The van der Waals surface area contributed by atoms with Gasteiger partial charge in [0, 0.05) is 5.92 Å². The van der Waals surface area contributed by atoms with E-state index in [4.69, 9.17) is 4.74 Å². The van der Waals surface area contributed by atoms with Crippen molar-refractivity contribution < 1.29 is 23.0 Å². The zero-order valence-electron chi connectivity index (χ0n) is 10.9. The lowest BCUT2D eigenvalue weighted by Gasteiger charge is -2.27. The number of benzene rings is 1. The molecule has 0 aromatic heterocycles. The Hall–Kier alpha value is -1.49. The highest BCUT2D eigenvalue weighted by molar-refractivity contribution is 6.00. The van der Waals surface area contributed by atoms with Gasteiger partial charge in [0.2, 0.25) is 0 Å². The number of carbonyl (C=O) groups excluding carboxylic acids is 1. The summed E-state index contributed by atoms with van der Waals surface area (Å²) >= 11 is 0. The SMILES string of the molecule is O=C(c1ccccc1OC(F)F)C1CC2CCC(C1)O2. The lowest BCUT2D eigenvalue weighted by molar-refractivity contribution is -0.0504. The van der Waals surface area contributed by atoms with Gasteiger partial charge in [0.1, 0.15) is 5.75 Å². The van der Waals surface area contributed by atoms with Crippen LogP contribution < -0.4 is 4.74 Å². The van der Waals surface area contributed by atoms with Crippen LogP contribution in [0.4, 0.5) is 8.78 Å². The van der Waals surface area contributed by atoms with Gasteiger partial charge in [-0.2, -0.15) is 8.78 Å². The highest BCUT2D eigenvalue weighted by atomic mass is 19.3. The van der Waals surface area contributed by atoms with Crippen LogP contribution in [0.25, 0.3) is 0 Å². The van der Waals surface area contributed by atoms with Crippen LogP contribution in [0.3, 0.4) is 0 Å². The van der Waals surface area contributed by atoms with Crippen molar-refractivity contribution in [1.29, 1.82) is 0 Å². The van der Waals surface area contributed by atoms with Crippen molar-refractivity contribution >= 4 is 5.78 Å². The van der Waals surface area contributed by atoms with Crippen LogP contribution in [0.2, 0.25) is 0 Å². The number of rotatable bonds is 4. The number of hydrogen-bond acceptors (Lipinski definition) is 3. The summed E-state index contributed by atoms with van der Waals surface area (Å²) in [6, 6.07) is 6.21. The Morgan fingerprint density at radius 2 is 1.85 bits per heavy atom. The molecule has 2 aliphatic heterocycles. The van der Waals surface area contributed by atoms with Crippen molar-refractivity contribution in [2.75, 3.05) is 0 Å². The number of para-hydroxylation sites is 1. The lowest BCUT2D eigenvalue weighted by atomic mass is 9.87. The van der Waals surface area contributed by atoms with Crippen LogP contribution in [-0.2, 0) is 4.74 Å². The first-order valence-corrected chi connectivity index (χ1v) is 6.87. The molecule has 0 amide bonds. The van der Waals surface area contributed by atoms with Crippen LogP contribution in [0.15, 0.2) is 24.3 Å². The van der Waals surface area contributed by atoms with E-state index in [1.165, 1.54) is 6.07 Å². The first-order chi connectivity index (χ1) is 9.63. The average Bonchev–Trinajstić information content (AvgIpc) is 2.76. The zero-order chi connectivity index (χ0) is 14.1. The zero-order valence-corrected chi connectivity index (χ0v) is 10.9. The van der Waals surface area contributed by atoms with Gasteiger partial charge in [-0.25, -0.2) is 0 Å². The summed E-state index contributed by atoms with van der Waals surface area (Å²) in [5, 5.41) is 0. The van der Waals surface area contributed by atoms with E-state index in [2.05, 4.69) is 4.74 Å². The lowest BCUT2D eigenvalue weighted by Crippen LogP contribution is -2.30. The maximum absolute atomic E-state index is 12.5. The summed E-state index contributed by atoms with van der Waals surface area (Å²) in [5.74, 6) is -0.295. The van der Waals surface area contributed by atoms with E-state index in [0.29, 0.717) is 12.8 Å². The number of Topliss-reactive ketones (excluding diaryl/α,β-unsaturated/α-hetero) is 1. The van der Waals surface area contributed by atoms with Gasteiger partial charge in [-0.3, -0.25) is 4.79 Å². The van der Waals surface area contributed by atoms with Crippen molar-refractivity contribution in [2.24, 2.45) is 5.92 Å². The number of halogens is 2. The fraction of sp³-hybridized carbons (Fsp3) is 0.533. The molecule has 2 fully saturated rings. The third-order valence-corrected chi connectivity index (χ3v) is 4.03. The maximum atomic E-state index is 12.5. The minimum Gasteiger partial charge on any atom is -0.434 e. The summed E-state index contributed by atoms with van der Waals surface area (Å²) in [5.41, 5.74) is 0.249. The van der Waals surface area contributed by atoms with Gasteiger partial charge in [0.05, 0.1) is 17.8 Å². The molecule has 108 valence electrons. The molecule has 2 aliphatic rings. The van der Waals surface area contributed by atoms with Crippen molar-refractivity contribution in [3.8, 4) is 5.75 Å². The molecule has 3 nitrogen and oxygen atoms in total. The molecule has 2 bridgehead atoms. The summed E-state index contributed by atoms with van der Waals surface area (Å²) in [6.07, 6.45) is 3.63. The maximum Gasteiger partial charge on any atom is 0.387 e. The second kappa shape index (κ2) is 5.48. The molecular formula is C15H16F2O3. The molecule has 1 aromatic rings. The number of ketones is 1. The molecule has 0 aliphatic carbocycles. The summed E-state index contributed by atoms with van der Waals surface area (Å²) in [4.78, 5) is 12.5. The van der Waals surface area contributed by atoms with Crippen molar-refractivity contribution in [3.05, 3.63) is 29.8 Å². The molecule has 0 N–H and O–H groups in total.